The lowest BCUT2D eigenvalue weighted by atomic mass is 9.99. The van der Waals surface area contributed by atoms with E-state index >= 15 is 0 Å². The molecule has 0 fully saturated rings. The largest absolute Gasteiger partial charge is 0.388 e. The Morgan fingerprint density at radius 3 is 2.89 bits per heavy atom. The first-order valence-corrected chi connectivity index (χ1v) is 7.07. The fourth-order valence-electron chi connectivity index (χ4n) is 1.88. The number of nitrogens with two attached hydrogens (primary N) is 1. The monoisotopic (exact) mass is 265 g/mol. The van der Waals surface area contributed by atoms with Crippen molar-refractivity contribution >= 4 is 22.9 Å². The number of hydrogen-bond donors (Lipinski definition) is 2. The molecule has 4 heteroatoms. The van der Waals surface area contributed by atoms with Gasteiger partial charge in [-0.15, -0.1) is 0 Å². The number of pyridine rings is 1. The van der Waals surface area contributed by atoms with E-state index in [1.54, 1.807) is 6.20 Å². The van der Waals surface area contributed by atoms with Gasteiger partial charge in [0.05, 0.1) is 5.69 Å². The molecule has 0 radical (unpaired) electrons. The Hall–Kier alpha value is -1.16. The van der Waals surface area contributed by atoms with Gasteiger partial charge in [-0.25, -0.2) is 0 Å². The topological polar surface area (TPSA) is 50.9 Å². The zero-order chi connectivity index (χ0) is 13.4. The number of nitrogens with one attached hydrogen (secondary N) is 1. The summed E-state index contributed by atoms with van der Waals surface area (Å²) in [6.45, 7) is 5.48. The lowest BCUT2D eigenvalue weighted by Crippen LogP contribution is -2.15. The molecule has 18 heavy (non-hydrogen) atoms. The Morgan fingerprint density at radius 1 is 1.50 bits per heavy atom. The second kappa shape index (κ2) is 8.03. The second-order valence-corrected chi connectivity index (χ2v) is 5.03. The Bertz CT molecular complexity index is 379. The van der Waals surface area contributed by atoms with Crippen LogP contribution in [0, 0.1) is 5.92 Å². The van der Waals surface area contributed by atoms with Gasteiger partial charge in [0.1, 0.15) is 4.99 Å². The van der Waals surface area contributed by atoms with E-state index in [0.717, 1.165) is 18.2 Å². The molecule has 3 nitrogen and oxygen atoms in total. The SMILES string of the molecule is CCCCC(CC)CNc1ccnc(C(N)=S)c1. The molecule has 1 heterocycles. The summed E-state index contributed by atoms with van der Waals surface area (Å²) in [5.74, 6) is 0.728. The summed E-state index contributed by atoms with van der Waals surface area (Å²) in [6, 6.07) is 3.86. The third-order valence-corrected chi connectivity index (χ3v) is 3.36. The predicted octanol–water partition coefficient (Wildman–Crippen LogP) is 3.34. The first kappa shape index (κ1) is 14.9. The number of nitrogens with zero attached hydrogens (tertiary/aromatic N) is 1. The Kier molecular flexibility index (Phi) is 6.65. The highest BCUT2D eigenvalue weighted by atomic mass is 32.1. The van der Waals surface area contributed by atoms with Crippen LogP contribution in [-0.2, 0) is 0 Å². The van der Waals surface area contributed by atoms with Gasteiger partial charge in [-0.2, -0.15) is 0 Å². The van der Waals surface area contributed by atoms with Crippen LogP contribution in [0.5, 0.6) is 0 Å². The summed E-state index contributed by atoms with van der Waals surface area (Å²) in [6.07, 6.45) is 6.79. The van der Waals surface area contributed by atoms with E-state index in [4.69, 9.17) is 18.0 Å². The molecule has 0 saturated heterocycles. The molecule has 0 spiro atoms. The van der Waals surface area contributed by atoms with E-state index in [9.17, 15) is 0 Å². The molecule has 100 valence electrons. The quantitative estimate of drug-likeness (QED) is 0.708. The first-order chi connectivity index (χ1) is 8.67. The van der Waals surface area contributed by atoms with E-state index in [1.165, 1.54) is 25.7 Å². The van der Waals surface area contributed by atoms with Gasteiger partial charge in [-0.05, 0) is 24.5 Å². The molecule has 0 aliphatic carbocycles. The lowest BCUT2D eigenvalue weighted by molar-refractivity contribution is 0.473. The normalized spacial score (nSPS) is 12.1. The highest BCUT2D eigenvalue weighted by molar-refractivity contribution is 7.80. The van der Waals surface area contributed by atoms with Gasteiger partial charge >= 0.3 is 0 Å². The van der Waals surface area contributed by atoms with Crippen molar-refractivity contribution in [2.75, 3.05) is 11.9 Å². The van der Waals surface area contributed by atoms with Crippen LogP contribution in [0.1, 0.15) is 45.2 Å². The minimum atomic E-state index is 0.344. The number of aromatic nitrogens is 1. The van der Waals surface area contributed by atoms with Gasteiger partial charge in [0.15, 0.2) is 0 Å². The minimum absolute atomic E-state index is 0.344. The Labute approximate surface area is 115 Å². The van der Waals surface area contributed by atoms with Crippen LogP contribution in [0.25, 0.3) is 0 Å². The fraction of sp³-hybridized carbons (Fsp3) is 0.571. The number of thiocarbonyl (C=S) groups is 1. The average molecular weight is 265 g/mol. The summed E-state index contributed by atoms with van der Waals surface area (Å²) in [5.41, 5.74) is 7.29. The number of unbranched alkanes of at least 4 members (excludes halogenated alkanes) is 1. The summed E-state index contributed by atoms with van der Waals surface area (Å²) < 4.78 is 0. The Balaban J connectivity index is 2.51. The standard InChI is InChI=1S/C14H23N3S/c1-3-5-6-11(4-2)10-17-12-7-8-16-13(9-12)14(15)18/h7-9,11H,3-6,10H2,1-2H3,(H2,15,18)(H,16,17). The van der Waals surface area contributed by atoms with Crippen LogP contribution >= 0.6 is 12.2 Å². The van der Waals surface area contributed by atoms with Crippen molar-refractivity contribution in [2.45, 2.75) is 39.5 Å². The lowest BCUT2D eigenvalue weighted by Gasteiger charge is -2.16. The van der Waals surface area contributed by atoms with Gasteiger partial charge in [0.2, 0.25) is 0 Å². The maximum atomic E-state index is 5.57. The smallest absolute Gasteiger partial charge is 0.122 e. The molecule has 1 unspecified atom stereocenters. The van der Waals surface area contributed by atoms with Crippen molar-refractivity contribution < 1.29 is 0 Å². The molecule has 1 rings (SSSR count). The van der Waals surface area contributed by atoms with Crippen molar-refractivity contribution in [1.82, 2.24) is 4.98 Å². The summed E-state index contributed by atoms with van der Waals surface area (Å²) in [5, 5.41) is 3.44. The molecular formula is C14H23N3S. The number of hydrogen-bond acceptors (Lipinski definition) is 3. The van der Waals surface area contributed by atoms with Gasteiger partial charge in [0.25, 0.3) is 0 Å². The number of anilines is 1. The summed E-state index contributed by atoms with van der Waals surface area (Å²) in [4.78, 5) is 4.47. The number of rotatable bonds is 8. The first-order valence-electron chi connectivity index (χ1n) is 6.67. The zero-order valence-corrected chi connectivity index (χ0v) is 12.1. The molecular weight excluding hydrogens is 242 g/mol. The molecule has 0 aromatic carbocycles. The third kappa shape index (κ3) is 5.00. The van der Waals surface area contributed by atoms with Gasteiger partial charge in [-0.1, -0.05) is 45.3 Å². The van der Waals surface area contributed by atoms with Crippen LogP contribution in [0.2, 0.25) is 0 Å². The van der Waals surface area contributed by atoms with E-state index in [1.807, 2.05) is 12.1 Å². The van der Waals surface area contributed by atoms with E-state index in [0.29, 0.717) is 10.7 Å². The molecule has 1 aromatic heterocycles. The second-order valence-electron chi connectivity index (χ2n) is 4.59. The van der Waals surface area contributed by atoms with Gasteiger partial charge in [-0.3, -0.25) is 4.98 Å². The summed E-state index contributed by atoms with van der Waals surface area (Å²) >= 11 is 4.93. The minimum Gasteiger partial charge on any atom is -0.388 e. The highest BCUT2D eigenvalue weighted by Gasteiger charge is 2.06. The average Bonchev–Trinajstić information content (AvgIpc) is 2.39. The molecule has 3 N–H and O–H groups in total. The molecule has 0 aliphatic rings. The zero-order valence-electron chi connectivity index (χ0n) is 11.3. The molecule has 0 amide bonds. The van der Waals surface area contributed by atoms with Crippen molar-refractivity contribution in [2.24, 2.45) is 11.7 Å². The molecule has 0 bridgehead atoms. The van der Waals surface area contributed by atoms with Gasteiger partial charge in [0, 0.05) is 18.4 Å². The van der Waals surface area contributed by atoms with Crippen molar-refractivity contribution in [3.8, 4) is 0 Å². The molecule has 0 aliphatic heterocycles. The van der Waals surface area contributed by atoms with Crippen molar-refractivity contribution in [1.29, 1.82) is 0 Å². The van der Waals surface area contributed by atoms with Crippen LogP contribution in [0.4, 0.5) is 5.69 Å². The summed E-state index contributed by atoms with van der Waals surface area (Å²) in [7, 11) is 0. The van der Waals surface area contributed by atoms with Crippen molar-refractivity contribution in [3.05, 3.63) is 24.0 Å². The van der Waals surface area contributed by atoms with E-state index < -0.39 is 0 Å². The van der Waals surface area contributed by atoms with E-state index in [-0.39, 0.29) is 0 Å². The maximum Gasteiger partial charge on any atom is 0.122 e. The molecule has 1 atom stereocenters. The van der Waals surface area contributed by atoms with Crippen LogP contribution in [-0.4, -0.2) is 16.5 Å². The third-order valence-electron chi connectivity index (χ3n) is 3.15. The van der Waals surface area contributed by atoms with Crippen molar-refractivity contribution in [3.63, 3.8) is 0 Å². The van der Waals surface area contributed by atoms with Crippen LogP contribution < -0.4 is 11.1 Å². The molecule has 1 aromatic rings. The fourth-order valence-corrected chi connectivity index (χ4v) is 1.99. The van der Waals surface area contributed by atoms with E-state index in [2.05, 4.69) is 24.1 Å². The molecule has 0 saturated carbocycles. The van der Waals surface area contributed by atoms with Crippen LogP contribution in [0.3, 0.4) is 0 Å². The Morgan fingerprint density at radius 2 is 2.28 bits per heavy atom. The predicted molar refractivity (Wildman–Crippen MR) is 81.9 cm³/mol. The maximum absolute atomic E-state index is 5.57. The van der Waals surface area contributed by atoms with Crippen LogP contribution in [0.15, 0.2) is 18.3 Å². The highest BCUT2D eigenvalue weighted by Crippen LogP contribution is 2.15. The van der Waals surface area contributed by atoms with Gasteiger partial charge < -0.3 is 11.1 Å².